The number of amides is 1. The molecule has 1 heterocycles. The molecule has 4 nitrogen and oxygen atoms in total. The Balaban J connectivity index is 2.04. The first-order valence-corrected chi connectivity index (χ1v) is 6.66. The fourth-order valence-corrected chi connectivity index (χ4v) is 2.53. The minimum atomic E-state index is 0.180. The van der Waals surface area contributed by atoms with Crippen molar-refractivity contribution >= 4 is 17.9 Å². The molecule has 4 heteroatoms. The summed E-state index contributed by atoms with van der Waals surface area (Å²) in [7, 11) is 1.91. The van der Waals surface area contributed by atoms with Gasteiger partial charge in [-0.2, -0.15) is 0 Å². The second-order valence-electron chi connectivity index (χ2n) is 5.11. The molecule has 102 valence electrons. The van der Waals surface area contributed by atoms with Crippen LogP contribution in [0, 0.1) is 6.92 Å². The molecule has 1 amide bonds. The van der Waals surface area contributed by atoms with Crippen LogP contribution >= 0.6 is 0 Å². The Hall–Kier alpha value is -1.84. The van der Waals surface area contributed by atoms with Crippen molar-refractivity contribution < 1.29 is 9.59 Å². The van der Waals surface area contributed by atoms with E-state index in [1.54, 1.807) is 6.07 Å². The molecule has 0 unspecified atom stereocenters. The van der Waals surface area contributed by atoms with Gasteiger partial charge in [-0.05, 0) is 43.5 Å². The van der Waals surface area contributed by atoms with Crippen LogP contribution in [0.4, 0.5) is 5.69 Å². The molecule has 1 aliphatic heterocycles. The standard InChI is InChI=1S/C15H20N2O2/c1-12-9-13(11-18)5-6-14(12)16(2)10-15(19)17-7-3-4-8-17/h5-6,9,11H,3-4,7-8,10H2,1-2H3. The van der Waals surface area contributed by atoms with Crippen LogP contribution in [0.3, 0.4) is 0 Å². The normalized spacial score (nSPS) is 14.5. The van der Waals surface area contributed by atoms with Crippen LogP contribution in [0.1, 0.15) is 28.8 Å². The van der Waals surface area contributed by atoms with Crippen LogP contribution in [0.15, 0.2) is 18.2 Å². The molecule has 0 aliphatic carbocycles. The Morgan fingerprint density at radius 2 is 2.05 bits per heavy atom. The van der Waals surface area contributed by atoms with Gasteiger partial charge in [-0.1, -0.05) is 0 Å². The molecule has 1 aliphatic rings. The van der Waals surface area contributed by atoms with E-state index in [0.717, 1.165) is 43.5 Å². The lowest BCUT2D eigenvalue weighted by atomic mass is 10.1. The van der Waals surface area contributed by atoms with Crippen molar-refractivity contribution in [2.45, 2.75) is 19.8 Å². The third-order valence-corrected chi connectivity index (χ3v) is 3.60. The zero-order chi connectivity index (χ0) is 13.8. The molecule has 2 rings (SSSR count). The Morgan fingerprint density at radius 1 is 1.37 bits per heavy atom. The number of likely N-dealkylation sites (tertiary alicyclic amines) is 1. The van der Waals surface area contributed by atoms with Gasteiger partial charge in [0.25, 0.3) is 0 Å². The summed E-state index contributed by atoms with van der Waals surface area (Å²) < 4.78 is 0. The number of rotatable bonds is 4. The van der Waals surface area contributed by atoms with Gasteiger partial charge in [-0.25, -0.2) is 0 Å². The molecule has 0 bridgehead atoms. The summed E-state index contributed by atoms with van der Waals surface area (Å²) in [5, 5.41) is 0. The number of hydrogen-bond acceptors (Lipinski definition) is 3. The summed E-state index contributed by atoms with van der Waals surface area (Å²) in [5.41, 5.74) is 2.68. The maximum atomic E-state index is 12.1. The van der Waals surface area contributed by atoms with E-state index < -0.39 is 0 Å². The van der Waals surface area contributed by atoms with E-state index in [2.05, 4.69) is 0 Å². The van der Waals surface area contributed by atoms with E-state index >= 15 is 0 Å². The Bertz CT molecular complexity index is 479. The van der Waals surface area contributed by atoms with Crippen LogP contribution in [0.5, 0.6) is 0 Å². The molecular weight excluding hydrogens is 240 g/mol. The van der Waals surface area contributed by atoms with Gasteiger partial charge in [0.2, 0.25) is 5.91 Å². The Labute approximate surface area is 114 Å². The third kappa shape index (κ3) is 3.13. The van der Waals surface area contributed by atoms with E-state index in [9.17, 15) is 9.59 Å². The van der Waals surface area contributed by atoms with Crippen molar-refractivity contribution in [3.05, 3.63) is 29.3 Å². The number of carbonyl (C=O) groups is 2. The molecule has 0 radical (unpaired) electrons. The number of likely N-dealkylation sites (N-methyl/N-ethyl adjacent to an activating group) is 1. The molecule has 0 saturated carbocycles. The highest BCUT2D eigenvalue weighted by Crippen LogP contribution is 2.20. The maximum Gasteiger partial charge on any atom is 0.242 e. The lowest BCUT2D eigenvalue weighted by molar-refractivity contribution is -0.128. The van der Waals surface area contributed by atoms with E-state index in [0.29, 0.717) is 12.1 Å². The van der Waals surface area contributed by atoms with Gasteiger partial charge in [0.15, 0.2) is 0 Å². The molecule has 1 aromatic carbocycles. The van der Waals surface area contributed by atoms with Crippen LogP contribution in [-0.2, 0) is 4.79 Å². The highest BCUT2D eigenvalue weighted by molar-refractivity contribution is 5.82. The van der Waals surface area contributed by atoms with Crippen molar-refractivity contribution in [3.8, 4) is 0 Å². The molecule has 0 N–H and O–H groups in total. The first kappa shape index (κ1) is 13.6. The summed E-state index contributed by atoms with van der Waals surface area (Å²) in [4.78, 5) is 26.7. The summed E-state index contributed by atoms with van der Waals surface area (Å²) in [6.45, 7) is 4.12. The number of nitrogens with zero attached hydrogens (tertiary/aromatic N) is 2. The van der Waals surface area contributed by atoms with Gasteiger partial charge < -0.3 is 9.80 Å². The van der Waals surface area contributed by atoms with Gasteiger partial charge in [0.05, 0.1) is 6.54 Å². The predicted molar refractivity (Wildman–Crippen MR) is 75.7 cm³/mol. The van der Waals surface area contributed by atoms with E-state index in [1.807, 2.05) is 35.9 Å². The smallest absolute Gasteiger partial charge is 0.242 e. The van der Waals surface area contributed by atoms with Crippen molar-refractivity contribution in [2.24, 2.45) is 0 Å². The maximum absolute atomic E-state index is 12.1. The fraction of sp³-hybridized carbons (Fsp3) is 0.467. The van der Waals surface area contributed by atoms with E-state index in [1.165, 1.54) is 0 Å². The summed E-state index contributed by atoms with van der Waals surface area (Å²) >= 11 is 0. The topological polar surface area (TPSA) is 40.6 Å². The zero-order valence-electron chi connectivity index (χ0n) is 11.6. The number of anilines is 1. The van der Waals surface area contributed by atoms with Crippen LogP contribution in [-0.4, -0.2) is 43.8 Å². The molecular formula is C15H20N2O2. The molecule has 19 heavy (non-hydrogen) atoms. The molecule has 1 aromatic rings. The van der Waals surface area contributed by atoms with Gasteiger partial charge in [-0.3, -0.25) is 9.59 Å². The minimum absolute atomic E-state index is 0.180. The Morgan fingerprint density at radius 3 is 2.63 bits per heavy atom. The third-order valence-electron chi connectivity index (χ3n) is 3.60. The zero-order valence-corrected chi connectivity index (χ0v) is 11.6. The van der Waals surface area contributed by atoms with Gasteiger partial charge in [0, 0.05) is 31.4 Å². The van der Waals surface area contributed by atoms with Crippen molar-refractivity contribution in [3.63, 3.8) is 0 Å². The highest BCUT2D eigenvalue weighted by Gasteiger charge is 2.19. The lowest BCUT2D eigenvalue weighted by Gasteiger charge is -2.24. The minimum Gasteiger partial charge on any atom is -0.365 e. The van der Waals surface area contributed by atoms with Gasteiger partial charge >= 0.3 is 0 Å². The largest absolute Gasteiger partial charge is 0.365 e. The Kier molecular flexibility index (Phi) is 4.20. The number of hydrogen-bond donors (Lipinski definition) is 0. The average molecular weight is 260 g/mol. The van der Waals surface area contributed by atoms with Crippen LogP contribution in [0.25, 0.3) is 0 Å². The SMILES string of the molecule is Cc1cc(C=O)ccc1N(C)CC(=O)N1CCCC1. The summed E-state index contributed by atoms with van der Waals surface area (Å²) in [6.07, 6.45) is 3.07. The summed E-state index contributed by atoms with van der Waals surface area (Å²) in [6, 6.07) is 5.53. The number of aryl methyl sites for hydroxylation is 1. The summed E-state index contributed by atoms with van der Waals surface area (Å²) in [5.74, 6) is 0.180. The molecule has 1 saturated heterocycles. The van der Waals surface area contributed by atoms with Crippen molar-refractivity contribution in [1.29, 1.82) is 0 Å². The van der Waals surface area contributed by atoms with Crippen LogP contribution < -0.4 is 4.90 Å². The number of aldehydes is 1. The molecule has 1 fully saturated rings. The quantitative estimate of drug-likeness (QED) is 0.776. The molecule has 0 aromatic heterocycles. The van der Waals surface area contributed by atoms with Crippen molar-refractivity contribution in [1.82, 2.24) is 4.90 Å². The predicted octanol–water partition coefficient (Wildman–Crippen LogP) is 1.87. The number of benzene rings is 1. The number of carbonyl (C=O) groups excluding carboxylic acids is 2. The second kappa shape index (κ2) is 5.87. The first-order chi connectivity index (χ1) is 9.11. The van der Waals surface area contributed by atoms with Gasteiger partial charge in [-0.15, -0.1) is 0 Å². The highest BCUT2D eigenvalue weighted by atomic mass is 16.2. The first-order valence-electron chi connectivity index (χ1n) is 6.66. The molecule has 0 atom stereocenters. The van der Waals surface area contributed by atoms with Gasteiger partial charge in [0.1, 0.15) is 6.29 Å². The fourth-order valence-electron chi connectivity index (χ4n) is 2.53. The monoisotopic (exact) mass is 260 g/mol. The van der Waals surface area contributed by atoms with Crippen LogP contribution in [0.2, 0.25) is 0 Å². The average Bonchev–Trinajstić information content (AvgIpc) is 2.92. The second-order valence-corrected chi connectivity index (χ2v) is 5.11. The van der Waals surface area contributed by atoms with E-state index in [-0.39, 0.29) is 5.91 Å². The lowest BCUT2D eigenvalue weighted by Crippen LogP contribution is -2.37. The molecule has 0 spiro atoms. The van der Waals surface area contributed by atoms with E-state index in [4.69, 9.17) is 0 Å². The van der Waals surface area contributed by atoms with Crippen molar-refractivity contribution in [2.75, 3.05) is 31.6 Å².